The van der Waals surface area contributed by atoms with Crippen LogP contribution in [-0.4, -0.2) is 48.0 Å². The molecule has 0 bridgehead atoms. The highest BCUT2D eigenvalue weighted by Gasteiger charge is 2.31. The lowest BCUT2D eigenvalue weighted by Crippen LogP contribution is -2.52. The van der Waals surface area contributed by atoms with Crippen LogP contribution in [0.2, 0.25) is 0 Å². The highest BCUT2D eigenvalue weighted by molar-refractivity contribution is 5.91. The Hall–Kier alpha value is -2.57. The van der Waals surface area contributed by atoms with Crippen LogP contribution < -0.4 is 10.6 Å². The van der Waals surface area contributed by atoms with E-state index in [-0.39, 0.29) is 18.4 Å². The minimum absolute atomic E-state index is 0.135. The standard InChI is InChI=1S/C17H23N3O4/c1-12(16(22)20-10-6-9-18-15(21)13(20)2)19-17(23)24-11-14-7-4-3-5-8-14/h3-5,7-8,12-13H,6,9-11H2,1-2H3,(H,18,21)(H,19,23)/t12-,13+/m0/s1. The molecule has 1 saturated heterocycles. The van der Waals surface area contributed by atoms with Crippen molar-refractivity contribution in [2.45, 2.75) is 39.0 Å². The first-order valence-corrected chi connectivity index (χ1v) is 8.04. The van der Waals surface area contributed by atoms with Crippen molar-refractivity contribution in [1.29, 1.82) is 0 Å². The van der Waals surface area contributed by atoms with Gasteiger partial charge in [0.1, 0.15) is 18.7 Å². The lowest BCUT2D eigenvalue weighted by atomic mass is 10.2. The Morgan fingerprint density at radius 1 is 1.38 bits per heavy atom. The molecule has 130 valence electrons. The first-order chi connectivity index (χ1) is 11.5. The zero-order valence-corrected chi connectivity index (χ0v) is 14.0. The lowest BCUT2D eigenvalue weighted by molar-refractivity contribution is -0.140. The maximum absolute atomic E-state index is 12.5. The van der Waals surface area contributed by atoms with E-state index in [1.165, 1.54) is 4.90 Å². The molecule has 0 aliphatic carbocycles. The number of amides is 3. The molecule has 7 heteroatoms. The third-order valence-electron chi connectivity index (χ3n) is 3.92. The van der Waals surface area contributed by atoms with Crippen molar-refractivity contribution in [3.05, 3.63) is 35.9 Å². The van der Waals surface area contributed by atoms with Crippen molar-refractivity contribution in [2.75, 3.05) is 13.1 Å². The molecule has 0 radical (unpaired) electrons. The van der Waals surface area contributed by atoms with Crippen LogP contribution in [0.4, 0.5) is 4.79 Å². The first-order valence-electron chi connectivity index (χ1n) is 8.04. The van der Waals surface area contributed by atoms with Gasteiger partial charge >= 0.3 is 6.09 Å². The van der Waals surface area contributed by atoms with Gasteiger partial charge in [-0.05, 0) is 25.8 Å². The predicted octanol–water partition coefficient (Wildman–Crippen LogP) is 1.04. The van der Waals surface area contributed by atoms with Crippen molar-refractivity contribution in [3.63, 3.8) is 0 Å². The fraction of sp³-hybridized carbons (Fsp3) is 0.471. The smallest absolute Gasteiger partial charge is 0.408 e. The predicted molar refractivity (Wildman–Crippen MR) is 88.0 cm³/mol. The number of rotatable bonds is 4. The van der Waals surface area contributed by atoms with Crippen molar-refractivity contribution in [1.82, 2.24) is 15.5 Å². The minimum Gasteiger partial charge on any atom is -0.445 e. The second kappa shape index (κ2) is 8.33. The van der Waals surface area contributed by atoms with Crippen LogP contribution in [0.1, 0.15) is 25.8 Å². The summed E-state index contributed by atoms with van der Waals surface area (Å²) < 4.78 is 5.11. The molecule has 1 aromatic rings. The first kappa shape index (κ1) is 17.8. The number of benzene rings is 1. The SMILES string of the molecule is C[C@H](NC(=O)OCc1ccccc1)C(=O)N1CCCNC(=O)[C@H]1C. The van der Waals surface area contributed by atoms with Gasteiger partial charge < -0.3 is 20.3 Å². The number of hydrogen-bond acceptors (Lipinski definition) is 4. The monoisotopic (exact) mass is 333 g/mol. The summed E-state index contributed by atoms with van der Waals surface area (Å²) in [4.78, 5) is 37.6. The molecule has 1 aliphatic heterocycles. The van der Waals surface area contributed by atoms with Gasteiger partial charge in [0.2, 0.25) is 11.8 Å². The second-order valence-corrected chi connectivity index (χ2v) is 5.78. The number of carbonyl (C=O) groups excluding carboxylic acids is 3. The molecule has 7 nitrogen and oxygen atoms in total. The summed E-state index contributed by atoms with van der Waals surface area (Å²) in [5.74, 6) is -0.476. The van der Waals surface area contributed by atoms with E-state index in [0.717, 1.165) is 5.56 Å². The molecule has 1 fully saturated rings. The van der Waals surface area contributed by atoms with E-state index in [4.69, 9.17) is 4.74 Å². The van der Waals surface area contributed by atoms with E-state index in [1.807, 2.05) is 30.3 Å². The van der Waals surface area contributed by atoms with Gasteiger partial charge in [0.25, 0.3) is 0 Å². The summed E-state index contributed by atoms with van der Waals surface area (Å²) in [5.41, 5.74) is 0.865. The van der Waals surface area contributed by atoms with E-state index < -0.39 is 18.2 Å². The molecule has 0 spiro atoms. The van der Waals surface area contributed by atoms with E-state index in [9.17, 15) is 14.4 Å². The molecule has 0 saturated carbocycles. The average molecular weight is 333 g/mol. The molecule has 3 amide bonds. The van der Waals surface area contributed by atoms with Gasteiger partial charge in [0.05, 0.1) is 0 Å². The summed E-state index contributed by atoms with van der Waals surface area (Å²) >= 11 is 0. The van der Waals surface area contributed by atoms with Gasteiger partial charge in [-0.25, -0.2) is 4.79 Å². The van der Waals surface area contributed by atoms with Crippen molar-refractivity contribution >= 4 is 17.9 Å². The quantitative estimate of drug-likeness (QED) is 0.862. The van der Waals surface area contributed by atoms with Crippen LogP contribution in [0.3, 0.4) is 0 Å². The second-order valence-electron chi connectivity index (χ2n) is 5.78. The van der Waals surface area contributed by atoms with Gasteiger partial charge in [-0.1, -0.05) is 30.3 Å². The van der Waals surface area contributed by atoms with E-state index in [0.29, 0.717) is 19.5 Å². The molecule has 1 aromatic carbocycles. The van der Waals surface area contributed by atoms with Gasteiger partial charge in [0.15, 0.2) is 0 Å². The van der Waals surface area contributed by atoms with Crippen molar-refractivity contribution < 1.29 is 19.1 Å². The Kier molecular flexibility index (Phi) is 6.17. The zero-order chi connectivity index (χ0) is 17.5. The summed E-state index contributed by atoms with van der Waals surface area (Å²) in [7, 11) is 0. The number of nitrogens with one attached hydrogen (secondary N) is 2. The van der Waals surface area contributed by atoms with Crippen LogP contribution in [0.15, 0.2) is 30.3 Å². The average Bonchev–Trinajstić information content (AvgIpc) is 2.75. The van der Waals surface area contributed by atoms with E-state index in [1.54, 1.807) is 13.8 Å². The molecule has 2 atom stereocenters. The fourth-order valence-electron chi connectivity index (χ4n) is 2.50. The highest BCUT2D eigenvalue weighted by Crippen LogP contribution is 2.08. The number of carbonyl (C=O) groups is 3. The summed E-state index contributed by atoms with van der Waals surface area (Å²) in [6.07, 6.45) is 0.0270. The van der Waals surface area contributed by atoms with Gasteiger partial charge in [0, 0.05) is 13.1 Å². The zero-order valence-electron chi connectivity index (χ0n) is 14.0. The third kappa shape index (κ3) is 4.71. The van der Waals surface area contributed by atoms with E-state index in [2.05, 4.69) is 10.6 Å². The topological polar surface area (TPSA) is 87.7 Å². The van der Waals surface area contributed by atoms with Crippen molar-refractivity contribution in [3.8, 4) is 0 Å². The summed E-state index contributed by atoms with van der Waals surface area (Å²) in [5, 5.41) is 5.27. The van der Waals surface area contributed by atoms with Crippen LogP contribution in [-0.2, 0) is 20.9 Å². The van der Waals surface area contributed by atoms with Crippen LogP contribution in [0, 0.1) is 0 Å². The Morgan fingerprint density at radius 2 is 2.08 bits per heavy atom. The number of ether oxygens (including phenoxy) is 1. The molecular weight excluding hydrogens is 310 g/mol. The number of alkyl carbamates (subject to hydrolysis) is 1. The Bertz CT molecular complexity index is 591. The molecule has 1 aliphatic rings. The molecule has 0 aromatic heterocycles. The molecule has 24 heavy (non-hydrogen) atoms. The van der Waals surface area contributed by atoms with Crippen molar-refractivity contribution in [2.24, 2.45) is 0 Å². The summed E-state index contributed by atoms with van der Waals surface area (Å²) in [6.45, 7) is 4.43. The Labute approximate surface area is 141 Å². The Balaban J connectivity index is 1.86. The van der Waals surface area contributed by atoms with E-state index >= 15 is 0 Å². The maximum atomic E-state index is 12.5. The van der Waals surface area contributed by atoms with Crippen LogP contribution in [0.5, 0.6) is 0 Å². The minimum atomic E-state index is -0.762. The lowest BCUT2D eigenvalue weighted by Gasteiger charge is -2.28. The van der Waals surface area contributed by atoms with Crippen LogP contribution in [0.25, 0.3) is 0 Å². The largest absolute Gasteiger partial charge is 0.445 e. The molecule has 2 rings (SSSR count). The number of nitrogens with zero attached hydrogens (tertiary/aromatic N) is 1. The number of hydrogen-bond donors (Lipinski definition) is 2. The fourth-order valence-corrected chi connectivity index (χ4v) is 2.50. The molecule has 1 heterocycles. The molecule has 0 unspecified atom stereocenters. The van der Waals surface area contributed by atoms with Gasteiger partial charge in [-0.3, -0.25) is 9.59 Å². The molecular formula is C17H23N3O4. The normalized spacial score (nSPS) is 19.0. The maximum Gasteiger partial charge on any atom is 0.408 e. The Morgan fingerprint density at radius 3 is 2.79 bits per heavy atom. The van der Waals surface area contributed by atoms with Gasteiger partial charge in [-0.15, -0.1) is 0 Å². The highest BCUT2D eigenvalue weighted by atomic mass is 16.5. The third-order valence-corrected chi connectivity index (χ3v) is 3.92. The summed E-state index contributed by atoms with van der Waals surface area (Å²) in [6, 6.07) is 7.97. The molecule has 2 N–H and O–H groups in total. The van der Waals surface area contributed by atoms with Crippen LogP contribution >= 0.6 is 0 Å². The van der Waals surface area contributed by atoms with Gasteiger partial charge in [-0.2, -0.15) is 0 Å².